The molecule has 142 valence electrons. The van der Waals surface area contributed by atoms with Crippen molar-refractivity contribution in [2.75, 3.05) is 11.5 Å². The number of hydrogen-bond acceptors (Lipinski definition) is 6. The molecule has 0 saturated heterocycles. The van der Waals surface area contributed by atoms with E-state index >= 15 is 0 Å². The highest BCUT2D eigenvalue weighted by molar-refractivity contribution is 5.56. The van der Waals surface area contributed by atoms with Gasteiger partial charge in [0.25, 0.3) is 0 Å². The molecule has 0 amide bonds. The SMILES string of the molecule is CCCCCCC(c1nc(N)nc(N)n1)c1nc(-c2ccccc2)[nH]c1C. The minimum absolute atomic E-state index is 0.0665. The number of aromatic amines is 1. The van der Waals surface area contributed by atoms with Crippen molar-refractivity contribution >= 4 is 11.9 Å². The normalized spacial score (nSPS) is 12.2. The summed E-state index contributed by atoms with van der Waals surface area (Å²) in [4.78, 5) is 20.9. The monoisotopic (exact) mass is 365 g/mol. The molecule has 2 heterocycles. The third-order valence-corrected chi connectivity index (χ3v) is 4.64. The van der Waals surface area contributed by atoms with Crippen LogP contribution < -0.4 is 11.5 Å². The third-order valence-electron chi connectivity index (χ3n) is 4.64. The van der Waals surface area contributed by atoms with Gasteiger partial charge in [0.05, 0.1) is 11.6 Å². The van der Waals surface area contributed by atoms with Crippen LogP contribution >= 0.6 is 0 Å². The minimum Gasteiger partial charge on any atom is -0.368 e. The lowest BCUT2D eigenvalue weighted by atomic mass is 9.95. The number of imidazole rings is 1. The number of hydrogen-bond donors (Lipinski definition) is 3. The van der Waals surface area contributed by atoms with Crippen molar-refractivity contribution in [2.24, 2.45) is 0 Å². The lowest BCUT2D eigenvalue weighted by Gasteiger charge is -2.15. The van der Waals surface area contributed by atoms with E-state index in [1.54, 1.807) is 0 Å². The van der Waals surface area contributed by atoms with Crippen molar-refractivity contribution < 1.29 is 0 Å². The number of aromatic nitrogens is 5. The van der Waals surface area contributed by atoms with Crippen molar-refractivity contribution in [3.05, 3.63) is 47.5 Å². The Labute approximate surface area is 159 Å². The number of rotatable bonds is 8. The molecule has 1 unspecified atom stereocenters. The van der Waals surface area contributed by atoms with Gasteiger partial charge in [-0.05, 0) is 13.3 Å². The second-order valence-electron chi connectivity index (χ2n) is 6.77. The van der Waals surface area contributed by atoms with Crippen LogP contribution in [0.5, 0.6) is 0 Å². The van der Waals surface area contributed by atoms with Crippen LogP contribution in [0.15, 0.2) is 30.3 Å². The number of anilines is 2. The highest BCUT2D eigenvalue weighted by atomic mass is 15.1. The van der Waals surface area contributed by atoms with Gasteiger partial charge >= 0.3 is 0 Å². The first kappa shape index (κ1) is 18.8. The fourth-order valence-electron chi connectivity index (χ4n) is 3.29. The number of nitrogens with two attached hydrogens (primary N) is 2. The van der Waals surface area contributed by atoms with E-state index in [1.165, 1.54) is 12.8 Å². The summed E-state index contributed by atoms with van der Waals surface area (Å²) in [6.45, 7) is 4.23. The molecule has 0 aliphatic rings. The molecule has 0 aliphatic carbocycles. The van der Waals surface area contributed by atoms with Gasteiger partial charge in [0.2, 0.25) is 11.9 Å². The van der Waals surface area contributed by atoms with Gasteiger partial charge in [-0.3, -0.25) is 0 Å². The lowest BCUT2D eigenvalue weighted by Crippen LogP contribution is -2.13. The summed E-state index contributed by atoms with van der Waals surface area (Å²) >= 11 is 0. The molecule has 1 aromatic carbocycles. The molecule has 2 aromatic heterocycles. The summed E-state index contributed by atoms with van der Waals surface area (Å²) in [6.07, 6.45) is 5.52. The third kappa shape index (κ3) is 4.61. The molecule has 0 spiro atoms. The van der Waals surface area contributed by atoms with Gasteiger partial charge in [0, 0.05) is 11.3 Å². The molecule has 5 N–H and O–H groups in total. The first-order chi connectivity index (χ1) is 13.1. The Morgan fingerprint density at radius 3 is 2.30 bits per heavy atom. The summed E-state index contributed by atoms with van der Waals surface area (Å²) in [5, 5.41) is 0. The number of nitrogens with one attached hydrogen (secondary N) is 1. The molecule has 0 bridgehead atoms. The zero-order valence-corrected chi connectivity index (χ0v) is 15.9. The Bertz CT molecular complexity index is 853. The van der Waals surface area contributed by atoms with E-state index in [1.807, 2.05) is 37.3 Å². The molecule has 3 rings (SSSR count). The molecule has 27 heavy (non-hydrogen) atoms. The number of nitrogens with zero attached hydrogens (tertiary/aromatic N) is 4. The van der Waals surface area contributed by atoms with Crippen molar-refractivity contribution in [1.29, 1.82) is 0 Å². The maximum atomic E-state index is 5.82. The van der Waals surface area contributed by atoms with Crippen LogP contribution in [0.4, 0.5) is 11.9 Å². The number of aryl methyl sites for hydroxylation is 1. The molecule has 0 fully saturated rings. The van der Waals surface area contributed by atoms with Crippen LogP contribution in [0.3, 0.4) is 0 Å². The highest BCUT2D eigenvalue weighted by Crippen LogP contribution is 2.31. The van der Waals surface area contributed by atoms with Crippen LogP contribution in [-0.4, -0.2) is 24.9 Å². The zero-order valence-electron chi connectivity index (χ0n) is 15.9. The van der Waals surface area contributed by atoms with E-state index in [9.17, 15) is 0 Å². The molecule has 1 atom stereocenters. The molecule has 7 heteroatoms. The first-order valence-corrected chi connectivity index (χ1v) is 9.47. The molecule has 7 nitrogen and oxygen atoms in total. The van der Waals surface area contributed by atoms with Crippen LogP contribution in [0.1, 0.15) is 62.2 Å². The fourth-order valence-corrected chi connectivity index (χ4v) is 3.29. The molecular weight excluding hydrogens is 338 g/mol. The van der Waals surface area contributed by atoms with E-state index in [2.05, 4.69) is 26.9 Å². The van der Waals surface area contributed by atoms with Crippen molar-refractivity contribution in [1.82, 2.24) is 24.9 Å². The van der Waals surface area contributed by atoms with E-state index in [4.69, 9.17) is 16.5 Å². The average molecular weight is 365 g/mol. The largest absolute Gasteiger partial charge is 0.368 e. The highest BCUT2D eigenvalue weighted by Gasteiger charge is 2.24. The van der Waals surface area contributed by atoms with E-state index < -0.39 is 0 Å². The summed E-state index contributed by atoms with van der Waals surface area (Å²) in [7, 11) is 0. The van der Waals surface area contributed by atoms with E-state index in [-0.39, 0.29) is 17.8 Å². The quantitative estimate of drug-likeness (QED) is 0.522. The van der Waals surface area contributed by atoms with Crippen molar-refractivity contribution in [3.63, 3.8) is 0 Å². The second-order valence-corrected chi connectivity index (χ2v) is 6.77. The molecular formula is C20H27N7. The van der Waals surface area contributed by atoms with Crippen molar-refractivity contribution in [3.8, 4) is 11.4 Å². The van der Waals surface area contributed by atoms with Gasteiger partial charge in [-0.2, -0.15) is 15.0 Å². The molecule has 0 saturated carbocycles. The van der Waals surface area contributed by atoms with Crippen LogP contribution in [-0.2, 0) is 0 Å². The van der Waals surface area contributed by atoms with Crippen LogP contribution in [0, 0.1) is 6.92 Å². The maximum absolute atomic E-state index is 5.82. The standard InChI is InChI=1S/C20H27N7/c1-3-4-5-9-12-15(18-25-19(21)27-20(22)26-18)16-13(2)23-17(24-16)14-10-7-6-8-11-14/h6-8,10-11,15H,3-5,9,12H2,1-2H3,(H,23,24)(H4,21,22,25,26,27). The number of unbranched alkanes of at least 4 members (excludes halogenated alkanes) is 3. The zero-order chi connectivity index (χ0) is 19.2. The second kappa shape index (κ2) is 8.62. The Morgan fingerprint density at radius 1 is 0.926 bits per heavy atom. The summed E-state index contributed by atoms with van der Waals surface area (Å²) < 4.78 is 0. The van der Waals surface area contributed by atoms with Gasteiger partial charge in [-0.25, -0.2) is 4.98 Å². The Morgan fingerprint density at radius 2 is 1.63 bits per heavy atom. The Hall–Kier alpha value is -2.96. The molecule has 0 aliphatic heterocycles. The van der Waals surface area contributed by atoms with Crippen LogP contribution in [0.2, 0.25) is 0 Å². The predicted molar refractivity (Wildman–Crippen MR) is 108 cm³/mol. The summed E-state index contributed by atoms with van der Waals surface area (Å²) in [5.74, 6) is 1.66. The lowest BCUT2D eigenvalue weighted by molar-refractivity contribution is 0.572. The number of benzene rings is 1. The topological polar surface area (TPSA) is 119 Å². The smallest absolute Gasteiger partial charge is 0.225 e. The summed E-state index contributed by atoms with van der Waals surface area (Å²) in [5.41, 5.74) is 14.6. The average Bonchev–Trinajstić information content (AvgIpc) is 3.03. The maximum Gasteiger partial charge on any atom is 0.225 e. The van der Waals surface area contributed by atoms with E-state index in [0.29, 0.717) is 5.82 Å². The predicted octanol–water partition coefficient (Wildman–Crippen LogP) is 3.84. The van der Waals surface area contributed by atoms with Crippen molar-refractivity contribution in [2.45, 2.75) is 51.9 Å². The van der Waals surface area contributed by atoms with Gasteiger partial charge in [-0.1, -0.05) is 62.9 Å². The molecule has 3 aromatic rings. The number of H-pyrrole nitrogens is 1. The van der Waals surface area contributed by atoms with Gasteiger partial charge in [0.15, 0.2) is 0 Å². The van der Waals surface area contributed by atoms with E-state index in [0.717, 1.165) is 42.0 Å². The van der Waals surface area contributed by atoms with Crippen LogP contribution in [0.25, 0.3) is 11.4 Å². The van der Waals surface area contributed by atoms with Gasteiger partial charge < -0.3 is 16.5 Å². The first-order valence-electron chi connectivity index (χ1n) is 9.47. The molecule has 0 radical (unpaired) electrons. The Kier molecular flexibility index (Phi) is 6.01. The minimum atomic E-state index is -0.0665. The van der Waals surface area contributed by atoms with Gasteiger partial charge in [-0.15, -0.1) is 0 Å². The Balaban J connectivity index is 1.96. The number of nitrogen functional groups attached to an aromatic ring is 2. The van der Waals surface area contributed by atoms with Gasteiger partial charge in [0.1, 0.15) is 11.6 Å². The summed E-state index contributed by atoms with van der Waals surface area (Å²) in [6, 6.07) is 10.1. The fraction of sp³-hybridized carbons (Fsp3) is 0.400.